The highest BCUT2D eigenvalue weighted by Crippen LogP contribution is 2.07. The molecule has 0 rings (SSSR count). The van der Waals surface area contributed by atoms with E-state index in [0.717, 1.165) is 6.54 Å². The Hall–Kier alpha value is -0.610. The molecule has 3 N–H and O–H groups in total. The summed E-state index contributed by atoms with van der Waals surface area (Å²) >= 11 is 0. The van der Waals surface area contributed by atoms with Gasteiger partial charge in [-0.15, -0.1) is 0 Å². The Morgan fingerprint density at radius 2 is 2.08 bits per heavy atom. The minimum absolute atomic E-state index is 0.0900. The van der Waals surface area contributed by atoms with Gasteiger partial charge in [0.15, 0.2) is 0 Å². The van der Waals surface area contributed by atoms with Crippen molar-refractivity contribution in [2.45, 2.75) is 39.3 Å². The Morgan fingerprint density at radius 1 is 1.54 bits per heavy atom. The molecular weight excluding hydrogens is 168 g/mol. The second-order valence-electron chi connectivity index (χ2n) is 3.73. The molecule has 13 heavy (non-hydrogen) atoms. The zero-order valence-corrected chi connectivity index (χ0v) is 8.85. The van der Waals surface area contributed by atoms with Gasteiger partial charge in [0.2, 0.25) is 5.91 Å². The lowest BCUT2D eigenvalue weighted by atomic mass is 9.99. The van der Waals surface area contributed by atoms with Crippen LogP contribution in [0.25, 0.3) is 0 Å². The predicted octanol–water partition coefficient (Wildman–Crippen LogP) is -0.128. The first-order valence-corrected chi connectivity index (χ1v) is 4.60. The lowest BCUT2D eigenvalue weighted by molar-refractivity contribution is -0.123. The molecule has 0 aromatic carbocycles. The molecule has 0 radical (unpaired) electrons. The summed E-state index contributed by atoms with van der Waals surface area (Å²) in [5.41, 5.74) is -0.563. The van der Waals surface area contributed by atoms with Crippen molar-refractivity contribution in [2.75, 3.05) is 13.1 Å². The van der Waals surface area contributed by atoms with E-state index in [1.54, 1.807) is 20.8 Å². The van der Waals surface area contributed by atoms with E-state index in [0.29, 0.717) is 6.54 Å². The fourth-order valence-electron chi connectivity index (χ4n) is 0.747. The summed E-state index contributed by atoms with van der Waals surface area (Å²) in [5, 5.41) is 15.0. The van der Waals surface area contributed by atoms with Crippen LogP contribution in [0.5, 0.6) is 0 Å². The maximum atomic E-state index is 11.2. The van der Waals surface area contributed by atoms with E-state index in [4.69, 9.17) is 0 Å². The summed E-state index contributed by atoms with van der Waals surface area (Å²) in [7, 11) is 0. The van der Waals surface area contributed by atoms with Crippen LogP contribution in [-0.2, 0) is 4.79 Å². The standard InChI is InChI=1S/C9H20N2O2/c1-5-10-6-8(13)11-9(3,4)7(2)12/h7,10,12H,5-6H2,1-4H3,(H,11,13). The van der Waals surface area contributed by atoms with E-state index in [1.165, 1.54) is 0 Å². The molecule has 1 amide bonds. The Kier molecular flexibility index (Phi) is 4.95. The molecule has 0 saturated carbocycles. The summed E-state index contributed by atoms with van der Waals surface area (Å²) in [4.78, 5) is 11.2. The van der Waals surface area contributed by atoms with Crippen LogP contribution in [0.15, 0.2) is 0 Å². The van der Waals surface area contributed by atoms with Gasteiger partial charge in [-0.2, -0.15) is 0 Å². The molecule has 1 atom stereocenters. The molecule has 0 fully saturated rings. The van der Waals surface area contributed by atoms with Crippen LogP contribution in [0.2, 0.25) is 0 Å². The van der Waals surface area contributed by atoms with E-state index < -0.39 is 11.6 Å². The number of carbonyl (C=O) groups is 1. The zero-order chi connectivity index (χ0) is 10.5. The summed E-state index contributed by atoms with van der Waals surface area (Å²) in [5.74, 6) is -0.0900. The lowest BCUT2D eigenvalue weighted by Crippen LogP contribution is -2.53. The van der Waals surface area contributed by atoms with Gasteiger partial charge in [0.1, 0.15) is 0 Å². The maximum Gasteiger partial charge on any atom is 0.234 e. The van der Waals surface area contributed by atoms with Gasteiger partial charge in [0.25, 0.3) is 0 Å². The number of hydrogen-bond donors (Lipinski definition) is 3. The zero-order valence-electron chi connectivity index (χ0n) is 8.85. The van der Waals surface area contributed by atoms with Crippen molar-refractivity contribution < 1.29 is 9.90 Å². The van der Waals surface area contributed by atoms with Gasteiger partial charge in [-0.3, -0.25) is 4.79 Å². The van der Waals surface area contributed by atoms with Crippen LogP contribution in [-0.4, -0.2) is 35.7 Å². The molecule has 0 saturated heterocycles. The molecule has 1 unspecified atom stereocenters. The Morgan fingerprint density at radius 3 is 2.46 bits per heavy atom. The molecule has 0 aromatic heterocycles. The predicted molar refractivity (Wildman–Crippen MR) is 52.4 cm³/mol. The second-order valence-corrected chi connectivity index (χ2v) is 3.73. The van der Waals surface area contributed by atoms with E-state index in [1.807, 2.05) is 6.92 Å². The molecule has 0 aliphatic carbocycles. The van der Waals surface area contributed by atoms with E-state index in [2.05, 4.69) is 10.6 Å². The van der Waals surface area contributed by atoms with Crippen LogP contribution in [0.4, 0.5) is 0 Å². The minimum atomic E-state index is -0.563. The molecule has 0 aliphatic heterocycles. The number of nitrogens with one attached hydrogen (secondary N) is 2. The SMILES string of the molecule is CCNCC(=O)NC(C)(C)C(C)O. The van der Waals surface area contributed by atoms with Gasteiger partial charge < -0.3 is 15.7 Å². The molecule has 78 valence electrons. The van der Waals surface area contributed by atoms with Crippen LogP contribution in [0, 0.1) is 0 Å². The molecule has 4 nitrogen and oxygen atoms in total. The van der Waals surface area contributed by atoms with E-state index in [-0.39, 0.29) is 5.91 Å². The van der Waals surface area contributed by atoms with E-state index >= 15 is 0 Å². The topological polar surface area (TPSA) is 61.4 Å². The van der Waals surface area contributed by atoms with Crippen molar-refractivity contribution >= 4 is 5.91 Å². The number of aliphatic hydroxyl groups excluding tert-OH is 1. The third-order valence-corrected chi connectivity index (χ3v) is 2.04. The summed E-state index contributed by atoms with van der Waals surface area (Å²) < 4.78 is 0. The molecule has 0 aromatic rings. The highest BCUT2D eigenvalue weighted by atomic mass is 16.3. The molecule has 0 bridgehead atoms. The molecule has 4 heteroatoms. The van der Waals surface area contributed by atoms with Crippen molar-refractivity contribution in [3.05, 3.63) is 0 Å². The quantitative estimate of drug-likeness (QED) is 0.563. The number of carbonyl (C=O) groups excluding carboxylic acids is 1. The summed E-state index contributed by atoms with van der Waals surface area (Å²) in [6.07, 6.45) is -0.557. The van der Waals surface area contributed by atoms with Gasteiger partial charge in [-0.05, 0) is 27.3 Å². The fraction of sp³-hybridized carbons (Fsp3) is 0.889. The Balaban J connectivity index is 3.90. The van der Waals surface area contributed by atoms with Crippen molar-refractivity contribution in [1.82, 2.24) is 10.6 Å². The van der Waals surface area contributed by atoms with Crippen LogP contribution in [0.1, 0.15) is 27.7 Å². The van der Waals surface area contributed by atoms with Gasteiger partial charge >= 0.3 is 0 Å². The van der Waals surface area contributed by atoms with Crippen LogP contribution >= 0.6 is 0 Å². The van der Waals surface area contributed by atoms with E-state index in [9.17, 15) is 9.90 Å². The summed E-state index contributed by atoms with van der Waals surface area (Å²) in [6.45, 7) is 8.25. The lowest BCUT2D eigenvalue weighted by Gasteiger charge is -2.29. The number of rotatable bonds is 5. The average Bonchev–Trinajstić information content (AvgIpc) is 1.99. The van der Waals surface area contributed by atoms with Crippen molar-refractivity contribution in [2.24, 2.45) is 0 Å². The Labute approximate surface area is 79.7 Å². The Bertz CT molecular complexity index is 167. The average molecular weight is 188 g/mol. The highest BCUT2D eigenvalue weighted by Gasteiger charge is 2.25. The monoisotopic (exact) mass is 188 g/mol. The molecular formula is C9H20N2O2. The normalized spacial score (nSPS) is 13.9. The number of aliphatic hydroxyl groups is 1. The molecule has 0 aliphatic rings. The first-order valence-electron chi connectivity index (χ1n) is 4.60. The number of hydrogen-bond acceptors (Lipinski definition) is 3. The largest absolute Gasteiger partial charge is 0.391 e. The van der Waals surface area contributed by atoms with Gasteiger partial charge in [0, 0.05) is 0 Å². The first-order chi connectivity index (χ1) is 5.90. The highest BCUT2D eigenvalue weighted by molar-refractivity contribution is 5.78. The van der Waals surface area contributed by atoms with Gasteiger partial charge in [-0.1, -0.05) is 6.92 Å². The minimum Gasteiger partial charge on any atom is -0.391 e. The van der Waals surface area contributed by atoms with Crippen LogP contribution < -0.4 is 10.6 Å². The van der Waals surface area contributed by atoms with Crippen LogP contribution in [0.3, 0.4) is 0 Å². The van der Waals surface area contributed by atoms with Crippen molar-refractivity contribution in [3.8, 4) is 0 Å². The third kappa shape index (κ3) is 4.85. The van der Waals surface area contributed by atoms with Gasteiger partial charge in [0.05, 0.1) is 18.2 Å². The fourth-order valence-corrected chi connectivity index (χ4v) is 0.747. The second kappa shape index (κ2) is 5.19. The summed E-state index contributed by atoms with van der Waals surface area (Å²) in [6, 6.07) is 0. The van der Waals surface area contributed by atoms with Crippen molar-refractivity contribution in [1.29, 1.82) is 0 Å². The molecule has 0 heterocycles. The third-order valence-electron chi connectivity index (χ3n) is 2.04. The van der Waals surface area contributed by atoms with Gasteiger partial charge in [-0.25, -0.2) is 0 Å². The number of likely N-dealkylation sites (N-methyl/N-ethyl adjacent to an activating group) is 1. The maximum absolute atomic E-state index is 11.2. The smallest absolute Gasteiger partial charge is 0.234 e. The first kappa shape index (κ1) is 12.4. The van der Waals surface area contributed by atoms with Crippen molar-refractivity contribution in [3.63, 3.8) is 0 Å². The molecule has 0 spiro atoms. The number of amides is 1.